The van der Waals surface area contributed by atoms with Gasteiger partial charge in [-0.15, -0.1) is 0 Å². The van der Waals surface area contributed by atoms with E-state index in [0.717, 1.165) is 41.9 Å². The van der Waals surface area contributed by atoms with E-state index in [2.05, 4.69) is 20.8 Å². The third-order valence-electron chi connectivity index (χ3n) is 10.5. The largest absolute Gasteiger partial charge is 0.393 e. The summed E-state index contributed by atoms with van der Waals surface area (Å²) in [6, 6.07) is 0. The molecule has 0 saturated heterocycles. The fourth-order valence-electron chi connectivity index (χ4n) is 8.59. The van der Waals surface area contributed by atoms with Crippen LogP contribution in [0.15, 0.2) is 0 Å². The minimum absolute atomic E-state index is 0.00365. The third kappa shape index (κ3) is 2.09. The summed E-state index contributed by atoms with van der Waals surface area (Å²) in [6.07, 6.45) is 14.1. The van der Waals surface area contributed by atoms with Crippen LogP contribution < -0.4 is 0 Å². The van der Waals surface area contributed by atoms with E-state index < -0.39 is 0 Å². The molecule has 5 saturated carbocycles. The maximum atomic E-state index is 11.2. The van der Waals surface area contributed by atoms with E-state index >= 15 is 0 Å². The number of aliphatic hydroxyl groups is 1. The Balaban J connectivity index is 1.43. The van der Waals surface area contributed by atoms with Crippen LogP contribution in [0.1, 0.15) is 85.0 Å². The highest BCUT2D eigenvalue weighted by molar-refractivity contribution is 5.11. The van der Waals surface area contributed by atoms with Crippen molar-refractivity contribution >= 4 is 0 Å². The molecule has 0 heterocycles. The molecule has 1 heteroatoms. The Bertz CT molecular complexity index is 510. The van der Waals surface area contributed by atoms with Crippen LogP contribution in [0.2, 0.25) is 0 Å². The van der Waals surface area contributed by atoms with Crippen molar-refractivity contribution in [1.29, 1.82) is 0 Å². The van der Waals surface area contributed by atoms with Crippen LogP contribution in [0.5, 0.6) is 0 Å². The fraction of sp³-hybridized carbons (Fsp3) is 1.00. The van der Waals surface area contributed by atoms with Gasteiger partial charge in [0, 0.05) is 0 Å². The highest BCUT2D eigenvalue weighted by Gasteiger charge is 2.61. The topological polar surface area (TPSA) is 20.2 Å². The van der Waals surface area contributed by atoms with Gasteiger partial charge in [0.2, 0.25) is 0 Å². The molecule has 24 heavy (non-hydrogen) atoms. The van der Waals surface area contributed by atoms with Gasteiger partial charge < -0.3 is 5.11 Å². The van der Waals surface area contributed by atoms with Crippen molar-refractivity contribution in [2.45, 2.75) is 91.1 Å². The summed E-state index contributed by atoms with van der Waals surface area (Å²) in [4.78, 5) is 0. The molecule has 1 nitrogen and oxygen atoms in total. The standard InChI is InChI=1S/C23H38O/c1-14-4-7-18-17-13-21(24)20-12-16(15-5-6-15)8-10-23(20,3)19(17)9-11-22(14,18)2/h14-21,24H,4-13H2,1-3H3. The minimum Gasteiger partial charge on any atom is -0.393 e. The summed E-state index contributed by atoms with van der Waals surface area (Å²) in [5.41, 5.74) is 1.02. The van der Waals surface area contributed by atoms with Gasteiger partial charge >= 0.3 is 0 Å². The lowest BCUT2D eigenvalue weighted by atomic mass is 9.43. The van der Waals surface area contributed by atoms with E-state index in [1.807, 2.05) is 0 Å². The van der Waals surface area contributed by atoms with Gasteiger partial charge in [-0.3, -0.25) is 0 Å². The molecule has 9 unspecified atom stereocenters. The zero-order valence-corrected chi connectivity index (χ0v) is 16.1. The molecule has 0 aromatic rings. The molecule has 0 aromatic heterocycles. The Labute approximate surface area is 149 Å². The monoisotopic (exact) mass is 330 g/mol. The average Bonchev–Trinajstić information content (AvgIpc) is 3.34. The third-order valence-corrected chi connectivity index (χ3v) is 10.5. The number of aliphatic hydroxyl groups excluding tert-OH is 1. The molecule has 9 atom stereocenters. The Hall–Kier alpha value is -0.0400. The van der Waals surface area contributed by atoms with Crippen LogP contribution in [0.4, 0.5) is 0 Å². The lowest BCUT2D eigenvalue weighted by molar-refractivity contribution is -0.164. The molecule has 0 bridgehead atoms. The Morgan fingerprint density at radius 2 is 1.42 bits per heavy atom. The number of hydrogen-bond donors (Lipinski definition) is 1. The predicted octanol–water partition coefficient (Wildman–Crippen LogP) is 5.66. The quantitative estimate of drug-likeness (QED) is 0.657. The van der Waals surface area contributed by atoms with Crippen molar-refractivity contribution in [3.63, 3.8) is 0 Å². The van der Waals surface area contributed by atoms with E-state index in [1.54, 1.807) is 0 Å². The van der Waals surface area contributed by atoms with Gasteiger partial charge in [-0.1, -0.05) is 20.8 Å². The maximum absolute atomic E-state index is 11.2. The molecule has 0 spiro atoms. The first kappa shape index (κ1) is 16.2. The van der Waals surface area contributed by atoms with Gasteiger partial charge in [-0.25, -0.2) is 0 Å². The van der Waals surface area contributed by atoms with Gasteiger partial charge in [-0.2, -0.15) is 0 Å². The van der Waals surface area contributed by atoms with E-state index in [9.17, 15) is 5.11 Å². The van der Waals surface area contributed by atoms with Crippen LogP contribution in [0.3, 0.4) is 0 Å². The Morgan fingerprint density at radius 1 is 0.708 bits per heavy atom. The van der Waals surface area contributed by atoms with Crippen LogP contribution in [-0.4, -0.2) is 11.2 Å². The number of rotatable bonds is 1. The SMILES string of the molecule is CC1CCC2C3CC(O)C4CC(C5CC5)CCC4(C)C3CCC12C. The van der Waals surface area contributed by atoms with Crippen molar-refractivity contribution in [3.05, 3.63) is 0 Å². The van der Waals surface area contributed by atoms with Crippen molar-refractivity contribution in [2.24, 2.45) is 52.3 Å². The van der Waals surface area contributed by atoms with Crippen molar-refractivity contribution in [1.82, 2.24) is 0 Å². The van der Waals surface area contributed by atoms with E-state index in [4.69, 9.17) is 0 Å². The first-order valence-electron chi connectivity index (χ1n) is 11.1. The lowest BCUT2D eigenvalue weighted by Crippen LogP contribution is -2.57. The van der Waals surface area contributed by atoms with Gasteiger partial charge in [0.05, 0.1) is 6.10 Å². The summed E-state index contributed by atoms with van der Waals surface area (Å²) >= 11 is 0. The number of fused-ring (bicyclic) bond motifs is 5. The Morgan fingerprint density at radius 3 is 2.17 bits per heavy atom. The van der Waals surface area contributed by atoms with Crippen LogP contribution >= 0.6 is 0 Å². The summed E-state index contributed by atoms with van der Waals surface area (Å²) in [5.74, 6) is 6.13. The lowest BCUT2D eigenvalue weighted by Gasteiger charge is -2.62. The second-order valence-corrected chi connectivity index (χ2v) is 11.2. The molecule has 0 aliphatic heterocycles. The molecular formula is C23H38O. The summed E-state index contributed by atoms with van der Waals surface area (Å²) in [7, 11) is 0. The van der Waals surface area contributed by atoms with Crippen LogP contribution in [0, 0.1) is 52.3 Å². The smallest absolute Gasteiger partial charge is 0.0576 e. The van der Waals surface area contributed by atoms with Crippen molar-refractivity contribution < 1.29 is 5.11 Å². The second-order valence-electron chi connectivity index (χ2n) is 11.2. The van der Waals surface area contributed by atoms with Gasteiger partial charge in [0.25, 0.3) is 0 Å². The highest BCUT2D eigenvalue weighted by atomic mass is 16.3. The fourth-order valence-corrected chi connectivity index (χ4v) is 8.59. The average molecular weight is 331 g/mol. The summed E-state index contributed by atoms with van der Waals surface area (Å²) in [6.45, 7) is 7.70. The van der Waals surface area contributed by atoms with Gasteiger partial charge in [0.15, 0.2) is 0 Å². The van der Waals surface area contributed by atoms with Crippen LogP contribution in [-0.2, 0) is 0 Å². The van der Waals surface area contributed by atoms with Gasteiger partial charge in [-0.05, 0) is 116 Å². The Kier molecular flexibility index (Phi) is 3.53. The molecular weight excluding hydrogens is 292 g/mol. The van der Waals surface area contributed by atoms with Crippen molar-refractivity contribution in [2.75, 3.05) is 0 Å². The summed E-state index contributed by atoms with van der Waals surface area (Å²) in [5, 5.41) is 11.2. The molecule has 5 aliphatic rings. The van der Waals surface area contributed by atoms with Gasteiger partial charge in [0.1, 0.15) is 0 Å². The highest BCUT2D eigenvalue weighted by Crippen LogP contribution is 2.68. The molecule has 1 N–H and O–H groups in total. The van der Waals surface area contributed by atoms with Crippen molar-refractivity contribution in [3.8, 4) is 0 Å². The molecule has 0 aromatic carbocycles. The first-order valence-corrected chi connectivity index (χ1v) is 11.1. The second kappa shape index (κ2) is 5.24. The molecule has 136 valence electrons. The first-order chi connectivity index (χ1) is 11.4. The van der Waals surface area contributed by atoms with E-state index in [1.165, 1.54) is 57.8 Å². The van der Waals surface area contributed by atoms with Crippen LogP contribution in [0.25, 0.3) is 0 Å². The maximum Gasteiger partial charge on any atom is 0.0576 e. The molecule has 5 aliphatic carbocycles. The summed E-state index contributed by atoms with van der Waals surface area (Å²) < 4.78 is 0. The predicted molar refractivity (Wildman–Crippen MR) is 98.5 cm³/mol. The molecule has 0 amide bonds. The molecule has 5 rings (SSSR count). The zero-order valence-electron chi connectivity index (χ0n) is 16.1. The zero-order chi connectivity index (χ0) is 16.7. The molecule has 0 radical (unpaired) electrons. The minimum atomic E-state index is -0.00365. The number of hydrogen-bond acceptors (Lipinski definition) is 1. The van der Waals surface area contributed by atoms with E-state index in [0.29, 0.717) is 16.7 Å². The molecule has 5 fully saturated rings. The normalized spacial score (nSPS) is 60.2. The van der Waals surface area contributed by atoms with E-state index in [-0.39, 0.29) is 6.10 Å².